The first-order valence-corrected chi connectivity index (χ1v) is 5.10. The van der Waals surface area contributed by atoms with E-state index in [9.17, 15) is 9.50 Å². The Balaban J connectivity index is 2.50. The van der Waals surface area contributed by atoms with E-state index in [2.05, 4.69) is 5.32 Å². The summed E-state index contributed by atoms with van der Waals surface area (Å²) >= 11 is 0. The van der Waals surface area contributed by atoms with Gasteiger partial charge in [-0.2, -0.15) is 0 Å². The molecule has 0 spiro atoms. The quantitative estimate of drug-likeness (QED) is 0.654. The topological polar surface area (TPSA) is 58.3 Å². The van der Waals surface area contributed by atoms with E-state index in [1.165, 1.54) is 12.1 Å². The van der Waals surface area contributed by atoms with Crippen molar-refractivity contribution in [2.24, 2.45) is 0 Å². The number of anilines is 2. The maximum absolute atomic E-state index is 12.7. The summed E-state index contributed by atoms with van der Waals surface area (Å²) in [4.78, 5) is 0. The molecule has 0 aliphatic rings. The van der Waals surface area contributed by atoms with E-state index in [1.807, 2.05) is 6.92 Å². The highest BCUT2D eigenvalue weighted by Crippen LogP contribution is 2.18. The minimum Gasteiger partial charge on any atom is -0.397 e. The van der Waals surface area contributed by atoms with Crippen LogP contribution < -0.4 is 11.1 Å². The van der Waals surface area contributed by atoms with E-state index < -0.39 is 0 Å². The normalized spacial score (nSPS) is 12.5. The summed E-state index contributed by atoms with van der Waals surface area (Å²) < 4.78 is 12.7. The molecule has 1 atom stereocenters. The SMILES string of the molecule is CCCC(O)CNc1ccc(F)cc1N. The molecule has 0 saturated carbocycles. The molecular weight excluding hydrogens is 195 g/mol. The average Bonchev–Trinajstić information content (AvgIpc) is 2.17. The molecule has 1 aromatic carbocycles. The first-order chi connectivity index (χ1) is 7.13. The number of aliphatic hydroxyl groups excluding tert-OH is 1. The molecule has 0 bridgehead atoms. The summed E-state index contributed by atoms with van der Waals surface area (Å²) in [6.07, 6.45) is 1.29. The maximum Gasteiger partial charge on any atom is 0.125 e. The molecular formula is C11H17FN2O. The first kappa shape index (κ1) is 11.8. The zero-order chi connectivity index (χ0) is 11.3. The van der Waals surface area contributed by atoms with Gasteiger partial charge in [-0.05, 0) is 24.6 Å². The lowest BCUT2D eigenvalue weighted by Gasteiger charge is -2.13. The molecule has 0 amide bonds. The lowest BCUT2D eigenvalue weighted by Crippen LogP contribution is -2.19. The summed E-state index contributed by atoms with van der Waals surface area (Å²) in [6.45, 7) is 2.44. The zero-order valence-electron chi connectivity index (χ0n) is 8.83. The number of hydrogen-bond acceptors (Lipinski definition) is 3. The van der Waals surface area contributed by atoms with Crippen molar-refractivity contribution in [1.29, 1.82) is 0 Å². The van der Waals surface area contributed by atoms with E-state index in [4.69, 9.17) is 5.73 Å². The van der Waals surface area contributed by atoms with Gasteiger partial charge in [0.05, 0.1) is 17.5 Å². The van der Waals surface area contributed by atoms with E-state index in [0.29, 0.717) is 17.9 Å². The van der Waals surface area contributed by atoms with Crippen molar-refractivity contribution in [3.8, 4) is 0 Å². The van der Waals surface area contributed by atoms with Gasteiger partial charge in [0.25, 0.3) is 0 Å². The van der Waals surface area contributed by atoms with Crippen LogP contribution in [0.15, 0.2) is 18.2 Å². The van der Waals surface area contributed by atoms with Crippen LogP contribution in [0.25, 0.3) is 0 Å². The zero-order valence-corrected chi connectivity index (χ0v) is 8.83. The van der Waals surface area contributed by atoms with Gasteiger partial charge in [-0.15, -0.1) is 0 Å². The fourth-order valence-electron chi connectivity index (χ4n) is 1.36. The van der Waals surface area contributed by atoms with Crippen molar-refractivity contribution >= 4 is 11.4 Å². The number of nitrogens with two attached hydrogens (primary N) is 1. The van der Waals surface area contributed by atoms with E-state index >= 15 is 0 Å². The summed E-state index contributed by atoms with van der Waals surface area (Å²) in [6, 6.07) is 4.17. The number of hydrogen-bond donors (Lipinski definition) is 3. The number of rotatable bonds is 5. The van der Waals surface area contributed by atoms with Gasteiger partial charge in [-0.3, -0.25) is 0 Å². The van der Waals surface area contributed by atoms with Crippen molar-refractivity contribution in [3.05, 3.63) is 24.0 Å². The third-order valence-corrected chi connectivity index (χ3v) is 2.16. The molecule has 1 rings (SSSR count). The molecule has 0 saturated heterocycles. The number of halogens is 1. The molecule has 0 radical (unpaired) electrons. The highest BCUT2D eigenvalue weighted by Gasteiger charge is 2.04. The molecule has 0 aliphatic carbocycles. The third kappa shape index (κ3) is 3.75. The first-order valence-electron chi connectivity index (χ1n) is 5.10. The van der Waals surface area contributed by atoms with Gasteiger partial charge in [0.15, 0.2) is 0 Å². The molecule has 15 heavy (non-hydrogen) atoms. The Kier molecular flexibility index (Phi) is 4.37. The Bertz CT molecular complexity index is 317. The largest absolute Gasteiger partial charge is 0.397 e. The van der Waals surface area contributed by atoms with Crippen molar-refractivity contribution in [2.75, 3.05) is 17.6 Å². The average molecular weight is 212 g/mol. The fourth-order valence-corrected chi connectivity index (χ4v) is 1.36. The molecule has 0 fully saturated rings. The lowest BCUT2D eigenvalue weighted by atomic mass is 10.2. The van der Waals surface area contributed by atoms with Gasteiger partial charge in [-0.25, -0.2) is 4.39 Å². The van der Waals surface area contributed by atoms with Crippen molar-refractivity contribution in [3.63, 3.8) is 0 Å². The van der Waals surface area contributed by atoms with Gasteiger partial charge in [0, 0.05) is 6.54 Å². The molecule has 0 aliphatic heterocycles. The highest BCUT2D eigenvalue weighted by molar-refractivity contribution is 5.65. The maximum atomic E-state index is 12.7. The van der Waals surface area contributed by atoms with Gasteiger partial charge < -0.3 is 16.2 Å². The van der Waals surface area contributed by atoms with Crippen LogP contribution >= 0.6 is 0 Å². The summed E-state index contributed by atoms with van der Waals surface area (Å²) in [7, 11) is 0. The predicted octanol–water partition coefficient (Wildman–Crippen LogP) is 1.98. The van der Waals surface area contributed by atoms with E-state index in [1.54, 1.807) is 6.07 Å². The number of nitrogens with one attached hydrogen (secondary N) is 1. The second-order valence-electron chi connectivity index (χ2n) is 3.55. The molecule has 1 unspecified atom stereocenters. The number of benzene rings is 1. The Morgan fingerprint density at radius 2 is 2.27 bits per heavy atom. The van der Waals surface area contributed by atoms with Crippen LogP contribution in [0.1, 0.15) is 19.8 Å². The second-order valence-corrected chi connectivity index (χ2v) is 3.55. The molecule has 4 heteroatoms. The minimum atomic E-state index is -0.389. The molecule has 3 nitrogen and oxygen atoms in total. The standard InChI is InChI=1S/C11H17FN2O/c1-2-3-9(15)7-14-11-5-4-8(12)6-10(11)13/h4-6,9,14-15H,2-3,7,13H2,1H3. The smallest absolute Gasteiger partial charge is 0.125 e. The van der Waals surface area contributed by atoms with Gasteiger partial charge >= 0.3 is 0 Å². The van der Waals surface area contributed by atoms with Crippen LogP contribution in [0.4, 0.5) is 15.8 Å². The Hall–Kier alpha value is -1.29. The Morgan fingerprint density at radius 3 is 2.87 bits per heavy atom. The van der Waals surface area contributed by atoms with Crippen molar-refractivity contribution in [1.82, 2.24) is 0 Å². The number of aliphatic hydroxyl groups is 1. The second kappa shape index (κ2) is 5.56. The fraction of sp³-hybridized carbons (Fsp3) is 0.455. The molecule has 0 heterocycles. The van der Waals surface area contributed by atoms with Crippen molar-refractivity contribution < 1.29 is 9.50 Å². The molecule has 84 valence electrons. The Labute approximate surface area is 89.1 Å². The van der Waals surface area contributed by atoms with Crippen LogP contribution in [0.3, 0.4) is 0 Å². The monoisotopic (exact) mass is 212 g/mol. The summed E-state index contributed by atoms with van der Waals surface area (Å²) in [5.74, 6) is -0.354. The van der Waals surface area contributed by atoms with Crippen LogP contribution in [0.5, 0.6) is 0 Å². The Morgan fingerprint density at radius 1 is 1.53 bits per heavy atom. The van der Waals surface area contributed by atoms with Crippen LogP contribution in [0, 0.1) is 5.82 Å². The third-order valence-electron chi connectivity index (χ3n) is 2.16. The summed E-state index contributed by atoms with van der Waals surface area (Å²) in [5, 5.41) is 12.5. The van der Waals surface area contributed by atoms with Crippen molar-refractivity contribution in [2.45, 2.75) is 25.9 Å². The van der Waals surface area contributed by atoms with Crippen LogP contribution in [-0.4, -0.2) is 17.8 Å². The predicted molar refractivity (Wildman–Crippen MR) is 60.2 cm³/mol. The van der Waals surface area contributed by atoms with E-state index in [0.717, 1.165) is 12.8 Å². The lowest BCUT2D eigenvalue weighted by molar-refractivity contribution is 0.176. The molecule has 4 N–H and O–H groups in total. The molecule has 1 aromatic rings. The number of nitrogen functional groups attached to an aromatic ring is 1. The van der Waals surface area contributed by atoms with Crippen LogP contribution in [0.2, 0.25) is 0 Å². The van der Waals surface area contributed by atoms with E-state index in [-0.39, 0.29) is 11.9 Å². The van der Waals surface area contributed by atoms with Gasteiger partial charge in [-0.1, -0.05) is 13.3 Å². The van der Waals surface area contributed by atoms with Gasteiger partial charge in [0.1, 0.15) is 5.82 Å². The van der Waals surface area contributed by atoms with Crippen LogP contribution in [-0.2, 0) is 0 Å². The van der Waals surface area contributed by atoms with Gasteiger partial charge in [0.2, 0.25) is 0 Å². The minimum absolute atomic E-state index is 0.354. The summed E-state index contributed by atoms with van der Waals surface area (Å²) in [5.41, 5.74) is 6.62. The molecule has 0 aromatic heterocycles. The highest BCUT2D eigenvalue weighted by atomic mass is 19.1.